The van der Waals surface area contributed by atoms with Gasteiger partial charge in [-0.3, -0.25) is 34.2 Å². The number of hydrogen-bond acceptors (Lipinski definition) is 8. The zero-order chi connectivity index (χ0) is 28.5. The zero-order valence-corrected chi connectivity index (χ0v) is 22.6. The van der Waals surface area contributed by atoms with Gasteiger partial charge in [0, 0.05) is 40.8 Å². The summed E-state index contributed by atoms with van der Waals surface area (Å²) in [6.45, 7) is 0. The number of carbonyl (C=O) groups excluding carboxylic acids is 4. The monoisotopic (exact) mass is 604 g/mol. The van der Waals surface area contributed by atoms with E-state index in [0.717, 1.165) is 4.90 Å². The molecule has 0 spiro atoms. The number of aromatic hydroxyl groups is 1. The third kappa shape index (κ3) is 3.68. The molecule has 11 heteroatoms. The smallest absolute Gasteiger partial charge is 0.269 e. The summed E-state index contributed by atoms with van der Waals surface area (Å²) in [6, 6.07) is 9.90. The average molecular weight is 605 g/mol. The van der Waals surface area contributed by atoms with Gasteiger partial charge in [0.2, 0.25) is 11.8 Å². The van der Waals surface area contributed by atoms with Crippen LogP contribution >= 0.6 is 15.9 Å². The minimum atomic E-state index is -0.865. The molecule has 4 aliphatic rings. The maximum atomic E-state index is 13.9. The van der Waals surface area contributed by atoms with Crippen LogP contribution in [0.15, 0.2) is 75.8 Å². The molecule has 202 valence electrons. The number of non-ortho nitro benzene ring substituents is 1. The van der Waals surface area contributed by atoms with Gasteiger partial charge in [0.1, 0.15) is 11.5 Å². The number of methoxy groups -OCH3 is 1. The second kappa shape index (κ2) is 9.37. The van der Waals surface area contributed by atoms with E-state index in [4.69, 9.17) is 4.74 Å². The van der Waals surface area contributed by atoms with Crippen molar-refractivity contribution in [2.24, 2.45) is 17.8 Å². The lowest BCUT2D eigenvalue weighted by molar-refractivity contribution is -0.384. The molecule has 2 amide bonds. The zero-order valence-electron chi connectivity index (χ0n) is 21.0. The lowest BCUT2D eigenvalue weighted by Gasteiger charge is -2.42. The van der Waals surface area contributed by atoms with E-state index in [0.29, 0.717) is 16.9 Å². The van der Waals surface area contributed by atoms with Crippen LogP contribution in [0.4, 0.5) is 11.4 Å². The van der Waals surface area contributed by atoms with Gasteiger partial charge in [-0.05, 0) is 59.0 Å². The van der Waals surface area contributed by atoms with E-state index in [1.165, 1.54) is 43.5 Å². The second-order valence-corrected chi connectivity index (χ2v) is 10.9. The van der Waals surface area contributed by atoms with Crippen molar-refractivity contribution in [1.29, 1.82) is 0 Å². The summed E-state index contributed by atoms with van der Waals surface area (Å²) in [7, 11) is 1.44. The molecule has 0 aromatic heterocycles. The number of imide groups is 1. The molecule has 0 unspecified atom stereocenters. The number of benzene rings is 2. The van der Waals surface area contributed by atoms with Gasteiger partial charge in [-0.15, -0.1) is 0 Å². The van der Waals surface area contributed by atoms with Crippen LogP contribution in [0.2, 0.25) is 0 Å². The van der Waals surface area contributed by atoms with Crippen LogP contribution in [-0.2, 0) is 19.2 Å². The van der Waals surface area contributed by atoms with Crippen LogP contribution in [0.1, 0.15) is 24.3 Å². The number of phenols is 1. The average Bonchev–Trinajstić information content (AvgIpc) is 3.20. The number of allylic oxidation sites excluding steroid dienone is 6. The molecule has 1 fully saturated rings. The normalized spacial score (nSPS) is 25.7. The Labute approximate surface area is 235 Å². The first kappa shape index (κ1) is 25.9. The molecular formula is C29H21BrN2O8. The minimum absolute atomic E-state index is 0.0649. The number of hydrogen-bond donors (Lipinski definition) is 1. The van der Waals surface area contributed by atoms with Crippen LogP contribution in [-0.4, -0.2) is 40.5 Å². The summed E-state index contributed by atoms with van der Waals surface area (Å²) in [5.41, 5.74) is 1.47. The van der Waals surface area contributed by atoms with Crippen LogP contribution in [0, 0.1) is 27.9 Å². The van der Waals surface area contributed by atoms with Crippen molar-refractivity contribution in [2.45, 2.75) is 18.8 Å². The van der Waals surface area contributed by atoms with Crippen molar-refractivity contribution >= 4 is 50.7 Å². The number of anilines is 1. The molecule has 1 N–H and O–H groups in total. The highest BCUT2D eigenvalue weighted by atomic mass is 79.9. The Kier molecular flexibility index (Phi) is 6.06. The highest BCUT2D eigenvalue weighted by Crippen LogP contribution is 2.57. The molecule has 1 saturated heterocycles. The van der Waals surface area contributed by atoms with E-state index in [-0.39, 0.29) is 57.2 Å². The number of rotatable bonds is 4. The van der Waals surface area contributed by atoms with Crippen molar-refractivity contribution in [1.82, 2.24) is 0 Å². The first-order valence-corrected chi connectivity index (χ1v) is 13.3. The summed E-state index contributed by atoms with van der Waals surface area (Å²) in [5.74, 6) is -4.51. The van der Waals surface area contributed by atoms with Gasteiger partial charge in [-0.25, -0.2) is 0 Å². The predicted molar refractivity (Wildman–Crippen MR) is 145 cm³/mol. The van der Waals surface area contributed by atoms with Gasteiger partial charge in [0.25, 0.3) is 5.69 Å². The lowest BCUT2D eigenvalue weighted by Crippen LogP contribution is -2.39. The number of nitro benzene ring substituents is 1. The Morgan fingerprint density at radius 2 is 1.77 bits per heavy atom. The molecule has 0 bridgehead atoms. The number of nitro groups is 1. The molecule has 4 atom stereocenters. The Morgan fingerprint density at radius 3 is 2.45 bits per heavy atom. The van der Waals surface area contributed by atoms with E-state index in [1.807, 2.05) is 6.08 Å². The van der Waals surface area contributed by atoms with E-state index in [2.05, 4.69) is 15.9 Å². The number of fused-ring (bicyclic) bond motifs is 3. The molecule has 40 heavy (non-hydrogen) atoms. The number of ketones is 2. The van der Waals surface area contributed by atoms with E-state index in [1.54, 1.807) is 12.1 Å². The van der Waals surface area contributed by atoms with Crippen molar-refractivity contribution in [2.75, 3.05) is 12.0 Å². The second-order valence-electron chi connectivity index (χ2n) is 10.1. The molecule has 10 nitrogen and oxygen atoms in total. The van der Waals surface area contributed by atoms with Crippen molar-refractivity contribution < 1.29 is 33.9 Å². The maximum Gasteiger partial charge on any atom is 0.269 e. The molecule has 1 aliphatic heterocycles. The van der Waals surface area contributed by atoms with Gasteiger partial charge < -0.3 is 9.84 Å². The van der Waals surface area contributed by atoms with Gasteiger partial charge in [0.15, 0.2) is 11.6 Å². The van der Waals surface area contributed by atoms with Crippen molar-refractivity contribution in [3.05, 3.63) is 91.5 Å². The molecule has 2 aromatic carbocycles. The molecular weight excluding hydrogens is 584 g/mol. The minimum Gasteiger partial charge on any atom is -0.507 e. The number of Topliss-reactive ketones (excluding diaryl/α,β-unsaturated/α-hetero) is 1. The van der Waals surface area contributed by atoms with E-state index in [9.17, 15) is 34.4 Å². The molecule has 1 heterocycles. The first-order valence-electron chi connectivity index (χ1n) is 12.5. The molecule has 0 radical (unpaired) electrons. The summed E-state index contributed by atoms with van der Waals surface area (Å²) in [5, 5.41) is 22.1. The Bertz CT molecular complexity index is 1640. The maximum absolute atomic E-state index is 13.9. The third-order valence-electron chi connectivity index (χ3n) is 8.20. The number of nitrogens with zero attached hydrogens (tertiary/aromatic N) is 2. The quantitative estimate of drug-likeness (QED) is 0.179. The van der Waals surface area contributed by atoms with Crippen LogP contribution in [0.25, 0.3) is 0 Å². The lowest BCUT2D eigenvalue weighted by atomic mass is 9.59. The molecule has 6 rings (SSSR count). The third-order valence-corrected chi connectivity index (χ3v) is 8.79. The van der Waals surface area contributed by atoms with E-state index >= 15 is 0 Å². The fraction of sp³-hybridized carbons (Fsp3) is 0.241. The molecule has 2 aromatic rings. The SMILES string of the molecule is COc1cccc(O)c1[C@H]1C2=CC[C@@H]3C(=O)N(c4ccc([N+](=O)[O-])cc4)C(=O)[C@@H]3[C@@H]2CC2=C1C(=O)C=C(Br)C2=O. The highest BCUT2D eigenvalue weighted by Gasteiger charge is 2.57. The topological polar surface area (TPSA) is 144 Å². The van der Waals surface area contributed by atoms with Gasteiger partial charge in [0.05, 0.1) is 34.0 Å². The summed E-state index contributed by atoms with van der Waals surface area (Å²) in [4.78, 5) is 65.7. The summed E-state index contributed by atoms with van der Waals surface area (Å²) < 4.78 is 5.64. The standard InChI is InChI=1S/C29H21BrN2O8/c1-40-22-4-2-3-20(33)26(22)25-15-9-10-16-23(17(15)11-18-24(25)21(34)12-19(30)27(18)35)29(37)31(28(16)36)13-5-7-14(8-6-13)32(38)39/h2-9,12,16-17,23,25,33H,10-11H2,1H3/t16-,17+,23-,25-/m0/s1. The van der Waals surface area contributed by atoms with Crippen LogP contribution < -0.4 is 9.64 Å². The summed E-state index contributed by atoms with van der Waals surface area (Å²) in [6.07, 6.45) is 3.33. The summed E-state index contributed by atoms with van der Waals surface area (Å²) >= 11 is 3.19. The molecule has 3 aliphatic carbocycles. The Balaban J connectivity index is 1.49. The van der Waals surface area contributed by atoms with Crippen LogP contribution in [0.5, 0.6) is 11.5 Å². The van der Waals surface area contributed by atoms with Crippen molar-refractivity contribution in [3.63, 3.8) is 0 Å². The number of halogens is 1. The largest absolute Gasteiger partial charge is 0.507 e. The fourth-order valence-corrected chi connectivity index (χ4v) is 6.96. The predicted octanol–water partition coefficient (Wildman–Crippen LogP) is 4.28. The van der Waals surface area contributed by atoms with Gasteiger partial charge in [-0.2, -0.15) is 0 Å². The first-order chi connectivity index (χ1) is 19.1. The van der Waals surface area contributed by atoms with Crippen molar-refractivity contribution in [3.8, 4) is 11.5 Å². The fourth-order valence-electron chi connectivity index (χ4n) is 6.52. The Hall–Kier alpha value is -4.38. The number of phenolic OH excluding ortho intramolecular Hbond substituents is 1. The van der Waals surface area contributed by atoms with E-state index < -0.39 is 40.4 Å². The molecule has 0 saturated carbocycles. The van der Waals surface area contributed by atoms with Gasteiger partial charge >= 0.3 is 0 Å². The van der Waals surface area contributed by atoms with Gasteiger partial charge in [-0.1, -0.05) is 17.7 Å². The number of ether oxygens (including phenoxy) is 1. The Morgan fingerprint density at radius 1 is 1.05 bits per heavy atom. The highest BCUT2D eigenvalue weighted by molar-refractivity contribution is 9.12. The van der Waals surface area contributed by atoms with Crippen LogP contribution in [0.3, 0.4) is 0 Å². The number of amides is 2. The number of carbonyl (C=O) groups is 4.